The van der Waals surface area contributed by atoms with Crippen LogP contribution >= 0.6 is 0 Å². The maximum Gasteiger partial charge on any atom is 0.0922 e. The summed E-state index contributed by atoms with van der Waals surface area (Å²) in [7, 11) is 0. The van der Waals surface area contributed by atoms with Gasteiger partial charge in [-0.2, -0.15) is 0 Å². The molecular weight excluding hydrogens is 213 g/mol. The molecule has 1 heterocycles. The van der Waals surface area contributed by atoms with Gasteiger partial charge in [-0.25, -0.2) is 0 Å². The summed E-state index contributed by atoms with van der Waals surface area (Å²) in [5.74, 6) is 2.27. The summed E-state index contributed by atoms with van der Waals surface area (Å²) in [6, 6.07) is 0. The van der Waals surface area contributed by atoms with Crippen LogP contribution in [0.5, 0.6) is 0 Å². The molecule has 0 atom stereocenters. The Hall–Kier alpha value is -0.110. The van der Waals surface area contributed by atoms with E-state index in [1.54, 1.807) is 0 Å². The second-order valence-corrected chi connectivity index (χ2v) is 6.15. The molecule has 17 heavy (non-hydrogen) atoms. The molecule has 0 aromatic heterocycles. The van der Waals surface area contributed by atoms with Crippen LogP contribution in [-0.4, -0.2) is 31.2 Å². The number of likely N-dealkylation sites (tertiary alicyclic amines) is 1. The highest BCUT2D eigenvalue weighted by Gasteiger charge is 2.25. The van der Waals surface area contributed by atoms with E-state index in [1.807, 2.05) is 0 Å². The maximum atomic E-state index is 12.5. The highest BCUT2D eigenvalue weighted by atomic mass is 19.1. The summed E-state index contributed by atoms with van der Waals surface area (Å²) in [6.45, 7) is 6.01. The first kappa shape index (κ1) is 13.3. The van der Waals surface area contributed by atoms with E-state index in [0.717, 1.165) is 24.7 Å². The van der Waals surface area contributed by atoms with Crippen LogP contribution in [0.3, 0.4) is 0 Å². The molecule has 0 unspecified atom stereocenters. The molecule has 0 radical (unpaired) electrons. The van der Waals surface area contributed by atoms with Crippen LogP contribution < -0.4 is 0 Å². The van der Waals surface area contributed by atoms with Crippen LogP contribution in [-0.2, 0) is 0 Å². The van der Waals surface area contributed by atoms with Crippen molar-refractivity contribution >= 4 is 0 Å². The largest absolute Gasteiger partial charge is 0.304 e. The van der Waals surface area contributed by atoms with Gasteiger partial charge in [0.25, 0.3) is 0 Å². The third-order valence-corrected chi connectivity index (χ3v) is 5.01. The van der Waals surface area contributed by atoms with Crippen LogP contribution in [0.15, 0.2) is 0 Å². The Morgan fingerprint density at radius 2 is 1.41 bits per heavy atom. The zero-order chi connectivity index (χ0) is 12.1. The van der Waals surface area contributed by atoms with Crippen molar-refractivity contribution in [2.75, 3.05) is 26.3 Å². The van der Waals surface area contributed by atoms with Crippen molar-refractivity contribution < 1.29 is 4.39 Å². The van der Waals surface area contributed by atoms with Gasteiger partial charge < -0.3 is 4.90 Å². The molecule has 0 aromatic rings. The van der Waals surface area contributed by atoms with Gasteiger partial charge in [0.2, 0.25) is 0 Å². The zero-order valence-corrected chi connectivity index (χ0v) is 11.3. The van der Waals surface area contributed by atoms with E-state index < -0.39 is 0 Å². The first-order valence-electron chi connectivity index (χ1n) is 7.60. The first-order chi connectivity index (χ1) is 8.31. The molecule has 0 aromatic carbocycles. The minimum absolute atomic E-state index is 0.0817. The van der Waals surface area contributed by atoms with E-state index in [9.17, 15) is 4.39 Å². The molecule has 0 amide bonds. The zero-order valence-electron chi connectivity index (χ0n) is 11.3. The molecule has 100 valence electrons. The van der Waals surface area contributed by atoms with Crippen LogP contribution in [0, 0.1) is 17.8 Å². The van der Waals surface area contributed by atoms with E-state index >= 15 is 0 Å². The molecule has 2 rings (SSSR count). The number of nitrogens with zero attached hydrogens (tertiary/aromatic N) is 1. The van der Waals surface area contributed by atoms with Crippen molar-refractivity contribution in [3.63, 3.8) is 0 Å². The Labute approximate surface area is 106 Å². The fourth-order valence-electron chi connectivity index (χ4n) is 3.63. The number of alkyl halides is 1. The average molecular weight is 241 g/mol. The minimum Gasteiger partial charge on any atom is -0.304 e. The van der Waals surface area contributed by atoms with Crippen LogP contribution in [0.2, 0.25) is 0 Å². The highest BCUT2D eigenvalue weighted by Crippen LogP contribution is 2.35. The van der Waals surface area contributed by atoms with Gasteiger partial charge >= 0.3 is 0 Å². The predicted molar refractivity (Wildman–Crippen MR) is 70.9 cm³/mol. The van der Waals surface area contributed by atoms with Crippen LogP contribution in [0.4, 0.5) is 4.39 Å². The predicted octanol–water partition coefficient (Wildman–Crippen LogP) is 3.88. The molecule has 1 nitrogen and oxygen atoms in total. The van der Waals surface area contributed by atoms with E-state index in [-0.39, 0.29) is 6.67 Å². The number of hydrogen-bond donors (Lipinski definition) is 0. The standard InChI is InChI=1S/C15H28FN/c1-2-17-9-7-14(8-10-17)11-13-3-5-15(12-16)6-4-13/h13-15H,2-12H2,1H3. The average Bonchev–Trinajstić information content (AvgIpc) is 2.40. The molecular formula is C15H28FN. The lowest BCUT2D eigenvalue weighted by Crippen LogP contribution is -2.34. The van der Waals surface area contributed by atoms with Crippen molar-refractivity contribution in [1.29, 1.82) is 0 Å². The summed E-state index contributed by atoms with van der Waals surface area (Å²) in [5, 5.41) is 0. The smallest absolute Gasteiger partial charge is 0.0922 e. The molecule has 1 aliphatic heterocycles. The van der Waals surface area contributed by atoms with Gasteiger partial charge in [-0.3, -0.25) is 4.39 Å². The molecule has 1 saturated heterocycles. The van der Waals surface area contributed by atoms with Gasteiger partial charge in [0, 0.05) is 0 Å². The molecule has 0 spiro atoms. The van der Waals surface area contributed by atoms with E-state index in [1.165, 1.54) is 51.7 Å². The quantitative estimate of drug-likeness (QED) is 0.722. The van der Waals surface area contributed by atoms with Crippen molar-refractivity contribution in [2.24, 2.45) is 17.8 Å². The van der Waals surface area contributed by atoms with E-state index in [2.05, 4.69) is 11.8 Å². The van der Waals surface area contributed by atoms with Gasteiger partial charge in [0.15, 0.2) is 0 Å². The summed E-state index contributed by atoms with van der Waals surface area (Å²) >= 11 is 0. The Bertz CT molecular complexity index is 181. The molecule has 2 fully saturated rings. The molecule has 1 saturated carbocycles. The second kappa shape index (κ2) is 6.72. The van der Waals surface area contributed by atoms with Gasteiger partial charge in [0.1, 0.15) is 0 Å². The Kier molecular flexibility index (Phi) is 5.27. The van der Waals surface area contributed by atoms with Gasteiger partial charge in [-0.15, -0.1) is 0 Å². The lowest BCUT2D eigenvalue weighted by atomic mass is 9.76. The first-order valence-corrected chi connectivity index (χ1v) is 7.60. The lowest BCUT2D eigenvalue weighted by Gasteiger charge is -2.35. The van der Waals surface area contributed by atoms with E-state index in [0.29, 0.717) is 5.92 Å². The molecule has 2 heteroatoms. The molecule has 2 aliphatic rings. The number of hydrogen-bond acceptors (Lipinski definition) is 1. The SMILES string of the molecule is CCN1CCC(CC2CCC(CF)CC2)CC1. The molecule has 1 aliphatic carbocycles. The Morgan fingerprint density at radius 3 is 1.94 bits per heavy atom. The van der Waals surface area contributed by atoms with Crippen molar-refractivity contribution in [1.82, 2.24) is 4.90 Å². The van der Waals surface area contributed by atoms with Crippen LogP contribution in [0.25, 0.3) is 0 Å². The monoisotopic (exact) mass is 241 g/mol. The summed E-state index contributed by atoms with van der Waals surface area (Å²) in [5.41, 5.74) is 0. The van der Waals surface area contributed by atoms with Gasteiger partial charge in [0.05, 0.1) is 6.67 Å². The number of piperidine rings is 1. The summed E-state index contributed by atoms with van der Waals surface area (Å²) in [6.07, 6.45) is 9.11. The van der Waals surface area contributed by atoms with Crippen molar-refractivity contribution in [3.8, 4) is 0 Å². The topological polar surface area (TPSA) is 3.24 Å². The Balaban J connectivity index is 1.65. The van der Waals surface area contributed by atoms with E-state index in [4.69, 9.17) is 0 Å². The van der Waals surface area contributed by atoms with Crippen molar-refractivity contribution in [2.45, 2.75) is 51.9 Å². The summed E-state index contributed by atoms with van der Waals surface area (Å²) in [4.78, 5) is 2.57. The van der Waals surface area contributed by atoms with Crippen molar-refractivity contribution in [3.05, 3.63) is 0 Å². The second-order valence-electron chi connectivity index (χ2n) is 6.15. The summed E-state index contributed by atoms with van der Waals surface area (Å²) < 4.78 is 12.5. The highest BCUT2D eigenvalue weighted by molar-refractivity contribution is 4.78. The third kappa shape index (κ3) is 3.94. The lowest BCUT2D eigenvalue weighted by molar-refractivity contribution is 0.150. The third-order valence-electron chi connectivity index (χ3n) is 5.01. The fourth-order valence-corrected chi connectivity index (χ4v) is 3.63. The number of rotatable bonds is 4. The maximum absolute atomic E-state index is 12.5. The molecule has 0 N–H and O–H groups in total. The minimum atomic E-state index is -0.0817. The Morgan fingerprint density at radius 1 is 0.882 bits per heavy atom. The fraction of sp³-hybridized carbons (Fsp3) is 1.00. The molecule has 0 bridgehead atoms. The normalized spacial score (nSPS) is 32.8. The number of halogens is 1. The van der Waals surface area contributed by atoms with Crippen LogP contribution in [0.1, 0.15) is 51.9 Å². The van der Waals surface area contributed by atoms with Gasteiger partial charge in [-0.05, 0) is 69.5 Å². The van der Waals surface area contributed by atoms with Gasteiger partial charge in [-0.1, -0.05) is 19.8 Å².